The average molecular weight is 476 g/mol. The number of nitrogens with zero attached hydrogens (tertiary/aromatic N) is 2. The minimum atomic E-state index is -1.04. The van der Waals surface area contributed by atoms with Gasteiger partial charge in [-0.25, -0.2) is 14.6 Å². The van der Waals surface area contributed by atoms with Gasteiger partial charge in [0.1, 0.15) is 23.5 Å². The van der Waals surface area contributed by atoms with Crippen LogP contribution in [0.5, 0.6) is 0 Å². The number of nitrogens with two attached hydrogens (primary N) is 1. The van der Waals surface area contributed by atoms with E-state index in [0.29, 0.717) is 23.4 Å². The molecule has 34 heavy (non-hydrogen) atoms. The van der Waals surface area contributed by atoms with Gasteiger partial charge >= 0.3 is 12.1 Å². The van der Waals surface area contributed by atoms with Crippen molar-refractivity contribution in [2.45, 2.75) is 72.1 Å². The molecular weight excluding hydrogens is 438 g/mol. The van der Waals surface area contributed by atoms with E-state index in [1.807, 2.05) is 31.5 Å². The second-order valence-electron chi connectivity index (χ2n) is 9.68. The average Bonchev–Trinajstić information content (AvgIpc) is 2.99. The van der Waals surface area contributed by atoms with E-state index in [2.05, 4.69) is 15.6 Å². The highest BCUT2D eigenvalue weighted by molar-refractivity contribution is 5.90. The molecule has 4 N–H and O–H groups in total. The van der Waals surface area contributed by atoms with Crippen molar-refractivity contribution in [3.8, 4) is 0 Å². The smallest absolute Gasteiger partial charge is 0.408 e. The molecule has 0 saturated heterocycles. The van der Waals surface area contributed by atoms with Crippen molar-refractivity contribution in [3.05, 3.63) is 24.0 Å². The van der Waals surface area contributed by atoms with Crippen molar-refractivity contribution in [2.24, 2.45) is 13.0 Å². The summed E-state index contributed by atoms with van der Waals surface area (Å²) in [6.45, 7) is 11.0. The van der Waals surface area contributed by atoms with Crippen LogP contribution in [0.3, 0.4) is 0 Å². The molecule has 0 unspecified atom stereocenters. The van der Waals surface area contributed by atoms with Gasteiger partial charge in [0.2, 0.25) is 5.91 Å². The number of carbonyl (C=O) groups is 3. The molecule has 0 fully saturated rings. The third-order valence-electron chi connectivity index (χ3n) is 4.99. The lowest BCUT2D eigenvalue weighted by Crippen LogP contribution is -2.53. The Bertz CT molecular complexity index is 1020. The number of anilines is 1. The Hall–Kier alpha value is -3.30. The van der Waals surface area contributed by atoms with Crippen LogP contribution in [0.4, 0.5) is 10.5 Å². The summed E-state index contributed by atoms with van der Waals surface area (Å²) in [5, 5.41) is 5.37. The molecule has 0 aliphatic heterocycles. The summed E-state index contributed by atoms with van der Waals surface area (Å²) >= 11 is 0. The number of esters is 1. The standard InChI is InChI=1S/C24H37N5O5/c1-8-33-22(31)18(11-14(2)3)27-21(30)17(28-23(32)34-24(4,5)6)13-20-26-16-12-15(25)9-10-19(16)29(20)7/h9-10,12,14,17-18H,8,11,13,25H2,1-7H3,(H,27,30)(H,28,32)/t17-,18-/m0/s1. The fourth-order valence-electron chi connectivity index (χ4n) is 3.49. The van der Waals surface area contributed by atoms with Crippen LogP contribution < -0.4 is 16.4 Å². The SMILES string of the molecule is CCOC(=O)[C@H](CC(C)C)NC(=O)[C@H](Cc1nc2cc(N)ccc2n1C)NC(=O)OC(C)(C)C. The number of ether oxygens (including phenoxy) is 2. The van der Waals surface area contributed by atoms with Crippen LogP contribution in [-0.4, -0.2) is 51.8 Å². The molecule has 0 radical (unpaired) electrons. The summed E-state index contributed by atoms with van der Waals surface area (Å²) in [5.41, 5.74) is 7.22. The summed E-state index contributed by atoms with van der Waals surface area (Å²) in [7, 11) is 1.82. The highest BCUT2D eigenvalue weighted by Gasteiger charge is 2.30. The molecule has 2 atom stereocenters. The number of imidazole rings is 1. The first-order valence-corrected chi connectivity index (χ1v) is 11.5. The van der Waals surface area contributed by atoms with Crippen molar-refractivity contribution in [3.63, 3.8) is 0 Å². The Labute approximate surface area is 200 Å². The first-order chi connectivity index (χ1) is 15.8. The topological polar surface area (TPSA) is 138 Å². The Morgan fingerprint density at radius 1 is 1.15 bits per heavy atom. The molecule has 0 aliphatic rings. The lowest BCUT2D eigenvalue weighted by molar-refractivity contribution is -0.148. The molecule has 0 bridgehead atoms. The van der Waals surface area contributed by atoms with Gasteiger partial charge in [-0.3, -0.25) is 4.79 Å². The largest absolute Gasteiger partial charge is 0.464 e. The van der Waals surface area contributed by atoms with E-state index < -0.39 is 35.7 Å². The predicted octanol–water partition coefficient (Wildman–Crippen LogP) is 2.69. The van der Waals surface area contributed by atoms with Gasteiger partial charge in [0.15, 0.2) is 0 Å². The van der Waals surface area contributed by atoms with Gasteiger partial charge in [0, 0.05) is 19.2 Å². The summed E-state index contributed by atoms with van der Waals surface area (Å²) < 4.78 is 12.3. The second-order valence-corrected chi connectivity index (χ2v) is 9.68. The number of amides is 2. The van der Waals surface area contributed by atoms with Crippen molar-refractivity contribution < 1.29 is 23.9 Å². The molecule has 2 amide bonds. The Morgan fingerprint density at radius 3 is 2.41 bits per heavy atom. The third-order valence-corrected chi connectivity index (χ3v) is 4.99. The lowest BCUT2D eigenvalue weighted by atomic mass is 10.0. The van der Waals surface area contributed by atoms with E-state index in [-0.39, 0.29) is 18.9 Å². The highest BCUT2D eigenvalue weighted by Crippen LogP contribution is 2.19. The van der Waals surface area contributed by atoms with E-state index in [4.69, 9.17) is 15.2 Å². The molecule has 1 heterocycles. The number of rotatable bonds is 9. The minimum absolute atomic E-state index is 0.0768. The molecule has 0 saturated carbocycles. The Kier molecular flexibility index (Phi) is 8.89. The first-order valence-electron chi connectivity index (χ1n) is 11.5. The Morgan fingerprint density at radius 2 is 1.82 bits per heavy atom. The molecular formula is C24H37N5O5. The van der Waals surface area contributed by atoms with Crippen LogP contribution in [0.2, 0.25) is 0 Å². The van der Waals surface area contributed by atoms with Crippen molar-refractivity contribution in [2.75, 3.05) is 12.3 Å². The highest BCUT2D eigenvalue weighted by atomic mass is 16.6. The minimum Gasteiger partial charge on any atom is -0.464 e. The number of aromatic nitrogens is 2. The zero-order valence-electron chi connectivity index (χ0n) is 21.1. The number of nitrogens with one attached hydrogen (secondary N) is 2. The van der Waals surface area contributed by atoms with Crippen LogP contribution in [0.1, 0.15) is 53.8 Å². The van der Waals surface area contributed by atoms with E-state index >= 15 is 0 Å². The number of aryl methyl sites for hydroxylation is 1. The Balaban J connectivity index is 2.32. The second kappa shape index (κ2) is 11.2. The van der Waals surface area contributed by atoms with Crippen LogP contribution >= 0.6 is 0 Å². The van der Waals surface area contributed by atoms with Gasteiger partial charge in [-0.1, -0.05) is 13.8 Å². The monoisotopic (exact) mass is 475 g/mol. The van der Waals surface area contributed by atoms with E-state index in [1.54, 1.807) is 39.8 Å². The maximum absolute atomic E-state index is 13.3. The third kappa shape index (κ3) is 7.64. The number of benzene rings is 1. The van der Waals surface area contributed by atoms with E-state index in [1.165, 1.54) is 0 Å². The van der Waals surface area contributed by atoms with Gasteiger partial charge < -0.3 is 30.4 Å². The molecule has 1 aromatic heterocycles. The van der Waals surface area contributed by atoms with Crippen LogP contribution in [0.15, 0.2) is 18.2 Å². The zero-order valence-corrected chi connectivity index (χ0v) is 21.1. The maximum Gasteiger partial charge on any atom is 0.408 e. The van der Waals surface area contributed by atoms with Crippen molar-refractivity contribution >= 4 is 34.7 Å². The van der Waals surface area contributed by atoms with Gasteiger partial charge in [-0.15, -0.1) is 0 Å². The van der Waals surface area contributed by atoms with Crippen LogP contribution in [0.25, 0.3) is 11.0 Å². The van der Waals surface area contributed by atoms with E-state index in [0.717, 1.165) is 5.52 Å². The summed E-state index contributed by atoms with van der Waals surface area (Å²) in [6.07, 6.45) is -0.268. The summed E-state index contributed by atoms with van der Waals surface area (Å²) in [4.78, 5) is 42.8. The van der Waals surface area contributed by atoms with Gasteiger partial charge in [0.25, 0.3) is 0 Å². The molecule has 2 rings (SSSR count). The van der Waals surface area contributed by atoms with Crippen molar-refractivity contribution in [1.82, 2.24) is 20.2 Å². The fourth-order valence-corrected chi connectivity index (χ4v) is 3.49. The van der Waals surface area contributed by atoms with E-state index in [9.17, 15) is 14.4 Å². The fraction of sp³-hybridized carbons (Fsp3) is 0.583. The maximum atomic E-state index is 13.3. The normalized spacial score (nSPS) is 13.4. The molecule has 2 aromatic rings. The number of fused-ring (bicyclic) bond motifs is 1. The summed E-state index contributed by atoms with van der Waals surface area (Å²) in [5.74, 6) is -0.347. The number of nitrogen functional groups attached to an aromatic ring is 1. The molecule has 188 valence electrons. The molecule has 0 spiro atoms. The molecule has 10 heteroatoms. The van der Waals surface area contributed by atoms with Gasteiger partial charge in [-0.05, 0) is 58.2 Å². The molecule has 1 aromatic carbocycles. The number of carbonyl (C=O) groups excluding carboxylic acids is 3. The molecule has 0 aliphatic carbocycles. The lowest BCUT2D eigenvalue weighted by Gasteiger charge is -2.25. The molecule has 10 nitrogen and oxygen atoms in total. The predicted molar refractivity (Wildman–Crippen MR) is 130 cm³/mol. The quantitative estimate of drug-likeness (QED) is 0.374. The van der Waals surface area contributed by atoms with Crippen LogP contribution in [-0.2, 0) is 32.5 Å². The van der Waals surface area contributed by atoms with Crippen molar-refractivity contribution in [1.29, 1.82) is 0 Å². The zero-order chi connectivity index (χ0) is 25.6. The first kappa shape index (κ1) is 26.9. The number of hydrogen-bond donors (Lipinski definition) is 3. The summed E-state index contributed by atoms with van der Waals surface area (Å²) in [6, 6.07) is 3.49. The van der Waals surface area contributed by atoms with Crippen LogP contribution in [0, 0.1) is 5.92 Å². The number of alkyl carbamates (subject to hydrolysis) is 1. The van der Waals surface area contributed by atoms with Gasteiger partial charge in [0.05, 0.1) is 17.6 Å². The van der Waals surface area contributed by atoms with Gasteiger partial charge in [-0.2, -0.15) is 0 Å². The number of hydrogen-bond acceptors (Lipinski definition) is 7.